The number of aromatic nitrogens is 1. The van der Waals surface area contributed by atoms with E-state index >= 15 is 0 Å². The number of benzene rings is 1. The smallest absolute Gasteiger partial charge is 0.254 e. The number of aryl methyl sites for hydroxylation is 2. The molecule has 0 unspecified atom stereocenters. The molecule has 1 aromatic carbocycles. The number of ether oxygens (including phenoxy) is 1. The van der Waals surface area contributed by atoms with Crippen LogP contribution in [0, 0.1) is 19.8 Å². The first-order valence-electron chi connectivity index (χ1n) is 9.64. The Morgan fingerprint density at radius 1 is 1.26 bits per heavy atom. The molecule has 3 saturated heterocycles. The van der Waals surface area contributed by atoms with Gasteiger partial charge in [-0.3, -0.25) is 9.69 Å². The lowest BCUT2D eigenvalue weighted by atomic mass is 9.94. The maximum absolute atomic E-state index is 13.2. The SMILES string of the molecule is COc1cccc(C(=O)N2C[C@H]3CC[C@@H]2CN(Cc2c(C)noc2C)C3)c1. The van der Waals surface area contributed by atoms with E-state index in [4.69, 9.17) is 9.26 Å². The summed E-state index contributed by atoms with van der Waals surface area (Å²) in [7, 11) is 1.63. The average molecular weight is 369 g/mol. The molecule has 3 aliphatic rings. The molecule has 6 heteroatoms. The van der Waals surface area contributed by atoms with Gasteiger partial charge in [-0.05, 0) is 50.8 Å². The molecule has 5 rings (SSSR count). The van der Waals surface area contributed by atoms with Gasteiger partial charge in [-0.15, -0.1) is 0 Å². The Hall–Kier alpha value is -2.34. The number of methoxy groups -OCH3 is 1. The number of piperidine rings is 1. The highest BCUT2D eigenvalue weighted by atomic mass is 16.5. The molecule has 6 nitrogen and oxygen atoms in total. The van der Waals surface area contributed by atoms with E-state index in [2.05, 4.69) is 15.0 Å². The monoisotopic (exact) mass is 369 g/mol. The third kappa shape index (κ3) is 3.58. The molecular weight excluding hydrogens is 342 g/mol. The molecule has 0 saturated carbocycles. The van der Waals surface area contributed by atoms with E-state index in [-0.39, 0.29) is 11.9 Å². The van der Waals surface area contributed by atoms with Crippen LogP contribution in [-0.4, -0.2) is 53.6 Å². The molecule has 2 aromatic rings. The Kier molecular flexibility index (Phi) is 4.91. The van der Waals surface area contributed by atoms with Crippen LogP contribution in [0.2, 0.25) is 0 Å². The van der Waals surface area contributed by atoms with Gasteiger partial charge in [-0.2, -0.15) is 0 Å². The Bertz CT molecular complexity index is 812. The first-order valence-corrected chi connectivity index (χ1v) is 9.64. The van der Waals surface area contributed by atoms with Crippen LogP contribution in [-0.2, 0) is 6.54 Å². The highest BCUT2D eigenvalue weighted by Crippen LogP contribution is 2.31. The number of amides is 1. The standard InChI is InChI=1S/C21H27N3O3/c1-14-20(15(2)27-22-14)13-23-10-16-7-8-18(12-23)24(11-16)21(25)17-5-4-6-19(9-17)26-3/h4-6,9,16,18H,7-8,10-13H2,1-3H3/t16-,18+/m0/s1. The summed E-state index contributed by atoms with van der Waals surface area (Å²) >= 11 is 0. The predicted octanol–water partition coefficient (Wildman–Crippen LogP) is 3.04. The van der Waals surface area contributed by atoms with Gasteiger partial charge in [0.1, 0.15) is 11.5 Å². The van der Waals surface area contributed by atoms with Gasteiger partial charge in [-0.1, -0.05) is 11.2 Å². The van der Waals surface area contributed by atoms with Crippen molar-refractivity contribution in [2.45, 2.75) is 39.3 Å². The van der Waals surface area contributed by atoms with E-state index in [1.54, 1.807) is 7.11 Å². The molecule has 0 aliphatic carbocycles. The highest BCUT2D eigenvalue weighted by molar-refractivity contribution is 5.95. The zero-order chi connectivity index (χ0) is 19.0. The Morgan fingerprint density at radius 2 is 2.11 bits per heavy atom. The third-order valence-electron chi connectivity index (χ3n) is 5.93. The fourth-order valence-electron chi connectivity index (χ4n) is 4.43. The van der Waals surface area contributed by atoms with Crippen molar-refractivity contribution in [2.75, 3.05) is 26.7 Å². The van der Waals surface area contributed by atoms with Gasteiger partial charge < -0.3 is 14.2 Å². The Balaban J connectivity index is 1.52. The fourth-order valence-corrected chi connectivity index (χ4v) is 4.43. The zero-order valence-corrected chi connectivity index (χ0v) is 16.3. The van der Waals surface area contributed by atoms with Gasteiger partial charge in [0.25, 0.3) is 5.91 Å². The Morgan fingerprint density at radius 3 is 2.85 bits per heavy atom. The molecule has 3 aliphatic heterocycles. The number of hydrogen-bond donors (Lipinski definition) is 0. The molecule has 144 valence electrons. The molecule has 3 fully saturated rings. The van der Waals surface area contributed by atoms with Crippen molar-refractivity contribution >= 4 is 5.91 Å². The largest absolute Gasteiger partial charge is 0.497 e. The predicted molar refractivity (Wildman–Crippen MR) is 102 cm³/mol. The summed E-state index contributed by atoms with van der Waals surface area (Å²) in [6, 6.07) is 7.72. The molecule has 2 bridgehead atoms. The number of rotatable bonds is 4. The number of hydrogen-bond acceptors (Lipinski definition) is 5. The third-order valence-corrected chi connectivity index (χ3v) is 5.93. The zero-order valence-electron chi connectivity index (χ0n) is 16.3. The molecule has 0 radical (unpaired) electrons. The maximum Gasteiger partial charge on any atom is 0.254 e. The van der Waals surface area contributed by atoms with Crippen molar-refractivity contribution in [3.63, 3.8) is 0 Å². The van der Waals surface area contributed by atoms with E-state index in [1.807, 2.05) is 38.1 Å². The van der Waals surface area contributed by atoms with Crippen LogP contribution in [0.1, 0.15) is 40.2 Å². The van der Waals surface area contributed by atoms with Gasteiger partial charge >= 0.3 is 0 Å². The molecule has 1 amide bonds. The first-order chi connectivity index (χ1) is 13.0. The van der Waals surface area contributed by atoms with Gasteiger partial charge in [0.2, 0.25) is 0 Å². The van der Waals surface area contributed by atoms with Gasteiger partial charge in [0, 0.05) is 43.3 Å². The van der Waals surface area contributed by atoms with Gasteiger partial charge in [-0.25, -0.2) is 0 Å². The van der Waals surface area contributed by atoms with Crippen LogP contribution in [0.15, 0.2) is 28.8 Å². The second kappa shape index (κ2) is 7.35. The molecule has 0 spiro atoms. The molecule has 2 atom stereocenters. The molecule has 4 heterocycles. The van der Waals surface area contributed by atoms with E-state index in [1.165, 1.54) is 12.0 Å². The number of fused-ring (bicyclic) bond motifs is 4. The van der Waals surface area contributed by atoms with E-state index < -0.39 is 0 Å². The van der Waals surface area contributed by atoms with Crippen molar-refractivity contribution in [1.29, 1.82) is 0 Å². The minimum Gasteiger partial charge on any atom is -0.497 e. The van der Waals surface area contributed by atoms with Crippen LogP contribution < -0.4 is 4.74 Å². The van der Waals surface area contributed by atoms with Crippen molar-refractivity contribution in [1.82, 2.24) is 15.0 Å². The lowest BCUT2D eigenvalue weighted by molar-refractivity contribution is 0.0584. The highest BCUT2D eigenvalue weighted by Gasteiger charge is 2.37. The first kappa shape index (κ1) is 18.0. The van der Waals surface area contributed by atoms with Gasteiger partial charge in [0.15, 0.2) is 0 Å². The minimum absolute atomic E-state index is 0.114. The van der Waals surface area contributed by atoms with Crippen LogP contribution in [0.3, 0.4) is 0 Å². The minimum atomic E-state index is 0.114. The van der Waals surface area contributed by atoms with Gasteiger partial charge in [0.05, 0.1) is 12.8 Å². The van der Waals surface area contributed by atoms with E-state index in [0.29, 0.717) is 11.5 Å². The summed E-state index contributed by atoms with van der Waals surface area (Å²) in [6.45, 7) is 7.56. The number of carbonyl (C=O) groups is 1. The summed E-state index contributed by atoms with van der Waals surface area (Å²) in [5.74, 6) is 2.25. The number of carbonyl (C=O) groups excluding carboxylic acids is 1. The van der Waals surface area contributed by atoms with E-state index in [0.717, 1.165) is 49.8 Å². The fraction of sp³-hybridized carbons (Fsp3) is 0.524. The quantitative estimate of drug-likeness (QED) is 0.829. The van der Waals surface area contributed by atoms with Crippen LogP contribution >= 0.6 is 0 Å². The van der Waals surface area contributed by atoms with Crippen LogP contribution in [0.4, 0.5) is 0 Å². The topological polar surface area (TPSA) is 58.8 Å². The second-order valence-corrected chi connectivity index (χ2v) is 7.78. The van der Waals surface area contributed by atoms with Crippen molar-refractivity contribution in [3.05, 3.63) is 46.8 Å². The lowest BCUT2D eigenvalue weighted by Crippen LogP contribution is -2.47. The summed E-state index contributed by atoms with van der Waals surface area (Å²) in [6.07, 6.45) is 2.25. The van der Waals surface area contributed by atoms with Crippen molar-refractivity contribution < 1.29 is 14.1 Å². The summed E-state index contributed by atoms with van der Waals surface area (Å²) in [5, 5.41) is 4.08. The molecule has 27 heavy (non-hydrogen) atoms. The second-order valence-electron chi connectivity index (χ2n) is 7.78. The molecule has 1 aromatic heterocycles. The number of nitrogens with zero attached hydrogens (tertiary/aromatic N) is 3. The summed E-state index contributed by atoms with van der Waals surface area (Å²) in [4.78, 5) is 17.7. The summed E-state index contributed by atoms with van der Waals surface area (Å²) < 4.78 is 10.6. The average Bonchev–Trinajstić information content (AvgIpc) is 2.86. The molecular formula is C21H27N3O3. The van der Waals surface area contributed by atoms with E-state index in [9.17, 15) is 4.79 Å². The van der Waals surface area contributed by atoms with Crippen LogP contribution in [0.25, 0.3) is 0 Å². The Labute approximate surface area is 160 Å². The normalized spacial score (nSPS) is 22.7. The summed E-state index contributed by atoms with van der Waals surface area (Å²) in [5.41, 5.74) is 2.86. The van der Waals surface area contributed by atoms with Crippen molar-refractivity contribution in [2.24, 2.45) is 5.92 Å². The lowest BCUT2D eigenvalue weighted by Gasteiger charge is -2.36. The van der Waals surface area contributed by atoms with Crippen LogP contribution in [0.5, 0.6) is 5.75 Å². The van der Waals surface area contributed by atoms with Crippen molar-refractivity contribution in [3.8, 4) is 5.75 Å². The molecule has 0 N–H and O–H groups in total. The maximum atomic E-state index is 13.2.